The van der Waals surface area contributed by atoms with E-state index in [0.717, 1.165) is 12.8 Å². The van der Waals surface area contributed by atoms with E-state index in [1.54, 1.807) is 0 Å². The number of amides is 3. The van der Waals surface area contributed by atoms with Gasteiger partial charge in [0.2, 0.25) is 5.91 Å². The number of primary amides is 1. The van der Waals surface area contributed by atoms with Gasteiger partial charge in [-0.15, -0.1) is 0 Å². The normalized spacial score (nSPS) is 20.1. The second-order valence-electron chi connectivity index (χ2n) is 4.73. The van der Waals surface area contributed by atoms with Crippen LogP contribution >= 0.6 is 0 Å². The molecule has 0 aromatic rings. The SMILES string of the molecule is CCCCC(NC(N)=O)C(=O)N1CCCC1C(=O)O. The quantitative estimate of drug-likeness (QED) is 0.644. The van der Waals surface area contributed by atoms with Gasteiger partial charge in [-0.25, -0.2) is 9.59 Å². The van der Waals surface area contributed by atoms with Gasteiger partial charge in [-0.05, 0) is 19.3 Å². The average molecular weight is 271 g/mol. The first-order valence-electron chi connectivity index (χ1n) is 6.56. The van der Waals surface area contributed by atoms with Crippen LogP contribution in [0.4, 0.5) is 4.79 Å². The number of rotatable bonds is 6. The van der Waals surface area contributed by atoms with Crippen LogP contribution < -0.4 is 11.1 Å². The molecule has 2 unspecified atom stereocenters. The molecular formula is C12H21N3O4. The summed E-state index contributed by atoms with van der Waals surface area (Å²) in [7, 11) is 0. The van der Waals surface area contributed by atoms with E-state index in [2.05, 4.69) is 5.32 Å². The molecule has 0 aromatic heterocycles. The Morgan fingerprint density at radius 1 is 1.47 bits per heavy atom. The van der Waals surface area contributed by atoms with Crippen LogP contribution in [0, 0.1) is 0 Å². The summed E-state index contributed by atoms with van der Waals surface area (Å²) in [5, 5.41) is 11.5. The standard InChI is InChI=1S/C12H21N3O4/c1-2-3-5-8(14-12(13)19)10(16)15-7-4-6-9(15)11(17)18/h8-9H,2-7H2,1H3,(H,17,18)(H3,13,14,19). The highest BCUT2D eigenvalue weighted by Crippen LogP contribution is 2.19. The van der Waals surface area contributed by atoms with Crippen LogP contribution in [0.2, 0.25) is 0 Å². The lowest BCUT2D eigenvalue weighted by Crippen LogP contribution is -2.52. The van der Waals surface area contributed by atoms with Gasteiger partial charge in [0.05, 0.1) is 0 Å². The summed E-state index contributed by atoms with van der Waals surface area (Å²) in [6, 6.07) is -2.27. The third-order valence-corrected chi connectivity index (χ3v) is 3.28. The Hall–Kier alpha value is -1.79. The van der Waals surface area contributed by atoms with Crippen molar-refractivity contribution in [3.63, 3.8) is 0 Å². The molecule has 4 N–H and O–H groups in total. The molecular weight excluding hydrogens is 250 g/mol. The van der Waals surface area contributed by atoms with Gasteiger partial charge in [-0.2, -0.15) is 0 Å². The molecule has 1 aliphatic rings. The van der Waals surface area contributed by atoms with Crippen LogP contribution in [-0.2, 0) is 9.59 Å². The van der Waals surface area contributed by atoms with Crippen molar-refractivity contribution in [2.75, 3.05) is 6.54 Å². The van der Waals surface area contributed by atoms with Gasteiger partial charge in [0, 0.05) is 6.54 Å². The summed E-state index contributed by atoms with van der Waals surface area (Å²) in [5.41, 5.74) is 5.06. The van der Waals surface area contributed by atoms with E-state index in [0.29, 0.717) is 25.8 Å². The minimum absolute atomic E-state index is 0.350. The second kappa shape index (κ2) is 6.96. The van der Waals surface area contributed by atoms with Crippen LogP contribution in [0.15, 0.2) is 0 Å². The largest absolute Gasteiger partial charge is 0.480 e. The van der Waals surface area contributed by atoms with Crippen molar-refractivity contribution in [2.24, 2.45) is 5.73 Å². The summed E-state index contributed by atoms with van der Waals surface area (Å²) in [6.45, 7) is 2.39. The molecule has 19 heavy (non-hydrogen) atoms. The van der Waals surface area contributed by atoms with Crippen molar-refractivity contribution < 1.29 is 19.5 Å². The Bertz CT molecular complexity index is 359. The van der Waals surface area contributed by atoms with Crippen LogP contribution in [0.25, 0.3) is 0 Å². The van der Waals surface area contributed by atoms with Crippen molar-refractivity contribution in [1.82, 2.24) is 10.2 Å². The minimum atomic E-state index is -1.00. The number of likely N-dealkylation sites (tertiary alicyclic amines) is 1. The molecule has 0 aliphatic carbocycles. The second-order valence-corrected chi connectivity index (χ2v) is 4.73. The summed E-state index contributed by atoms with van der Waals surface area (Å²) < 4.78 is 0. The van der Waals surface area contributed by atoms with E-state index in [1.165, 1.54) is 4.90 Å². The first-order valence-corrected chi connectivity index (χ1v) is 6.56. The molecule has 7 heteroatoms. The number of urea groups is 1. The fourth-order valence-corrected chi connectivity index (χ4v) is 2.32. The number of carboxylic acid groups (broad SMARTS) is 1. The van der Waals surface area contributed by atoms with Crippen molar-refractivity contribution >= 4 is 17.9 Å². The molecule has 7 nitrogen and oxygen atoms in total. The highest BCUT2D eigenvalue weighted by Gasteiger charge is 2.37. The van der Waals surface area contributed by atoms with Gasteiger partial charge >= 0.3 is 12.0 Å². The Kier molecular flexibility index (Phi) is 5.59. The monoisotopic (exact) mass is 271 g/mol. The Morgan fingerprint density at radius 3 is 2.68 bits per heavy atom. The highest BCUT2D eigenvalue weighted by atomic mass is 16.4. The number of unbranched alkanes of at least 4 members (excludes halogenated alkanes) is 1. The van der Waals surface area contributed by atoms with Crippen LogP contribution in [0.5, 0.6) is 0 Å². The highest BCUT2D eigenvalue weighted by molar-refractivity contribution is 5.90. The molecule has 1 aliphatic heterocycles. The Labute approximate surface area is 112 Å². The van der Waals surface area contributed by atoms with E-state index in [1.807, 2.05) is 6.92 Å². The van der Waals surface area contributed by atoms with Crippen LogP contribution in [0.3, 0.4) is 0 Å². The number of nitrogens with two attached hydrogens (primary N) is 1. The lowest BCUT2D eigenvalue weighted by atomic mass is 10.1. The predicted molar refractivity (Wildman–Crippen MR) is 68.4 cm³/mol. The molecule has 0 bridgehead atoms. The Morgan fingerprint density at radius 2 is 2.16 bits per heavy atom. The van der Waals surface area contributed by atoms with Gasteiger partial charge in [-0.3, -0.25) is 4.79 Å². The number of nitrogens with zero attached hydrogens (tertiary/aromatic N) is 1. The van der Waals surface area contributed by atoms with Gasteiger partial charge in [-0.1, -0.05) is 19.8 Å². The zero-order valence-corrected chi connectivity index (χ0v) is 11.1. The van der Waals surface area contributed by atoms with Crippen LogP contribution in [0.1, 0.15) is 39.0 Å². The number of carbonyl (C=O) groups is 3. The number of hydrogen-bond acceptors (Lipinski definition) is 3. The summed E-state index contributed by atoms with van der Waals surface area (Å²) in [4.78, 5) is 35.6. The lowest BCUT2D eigenvalue weighted by molar-refractivity contribution is -0.149. The van der Waals surface area contributed by atoms with E-state index < -0.39 is 24.1 Å². The zero-order chi connectivity index (χ0) is 14.4. The molecule has 1 heterocycles. The predicted octanol–water partition coefficient (Wildman–Crippen LogP) is 0.289. The molecule has 2 atom stereocenters. The molecule has 3 amide bonds. The van der Waals surface area contributed by atoms with Crippen molar-refractivity contribution in [3.8, 4) is 0 Å². The molecule has 1 rings (SSSR count). The molecule has 0 aromatic carbocycles. The van der Waals surface area contributed by atoms with Crippen molar-refractivity contribution in [1.29, 1.82) is 0 Å². The summed E-state index contributed by atoms with van der Waals surface area (Å²) >= 11 is 0. The van der Waals surface area contributed by atoms with Gasteiger partial charge in [0.25, 0.3) is 0 Å². The van der Waals surface area contributed by atoms with Gasteiger partial charge in [0.15, 0.2) is 0 Å². The van der Waals surface area contributed by atoms with E-state index in [9.17, 15) is 14.4 Å². The number of carbonyl (C=O) groups excluding carboxylic acids is 2. The van der Waals surface area contributed by atoms with E-state index in [-0.39, 0.29) is 5.91 Å². The molecule has 1 saturated heterocycles. The maximum Gasteiger partial charge on any atom is 0.326 e. The number of nitrogens with one attached hydrogen (secondary N) is 1. The topological polar surface area (TPSA) is 113 Å². The molecule has 108 valence electrons. The maximum atomic E-state index is 12.3. The smallest absolute Gasteiger partial charge is 0.326 e. The minimum Gasteiger partial charge on any atom is -0.480 e. The molecule has 0 saturated carbocycles. The maximum absolute atomic E-state index is 12.3. The Balaban J connectivity index is 2.73. The van der Waals surface area contributed by atoms with Gasteiger partial charge in [0.1, 0.15) is 12.1 Å². The zero-order valence-electron chi connectivity index (χ0n) is 11.1. The average Bonchev–Trinajstić information content (AvgIpc) is 2.82. The summed E-state index contributed by atoms with van der Waals surface area (Å²) in [6.07, 6.45) is 3.24. The van der Waals surface area contributed by atoms with Crippen LogP contribution in [-0.4, -0.2) is 46.5 Å². The number of carboxylic acids is 1. The van der Waals surface area contributed by atoms with Crippen molar-refractivity contribution in [3.05, 3.63) is 0 Å². The van der Waals surface area contributed by atoms with E-state index >= 15 is 0 Å². The lowest BCUT2D eigenvalue weighted by Gasteiger charge is -2.26. The fraction of sp³-hybridized carbons (Fsp3) is 0.750. The summed E-state index contributed by atoms with van der Waals surface area (Å²) in [5.74, 6) is -1.35. The van der Waals surface area contributed by atoms with Crippen molar-refractivity contribution in [2.45, 2.75) is 51.1 Å². The van der Waals surface area contributed by atoms with Gasteiger partial charge < -0.3 is 21.1 Å². The molecule has 1 fully saturated rings. The number of hydrogen-bond donors (Lipinski definition) is 3. The molecule has 0 spiro atoms. The third-order valence-electron chi connectivity index (χ3n) is 3.28. The van der Waals surface area contributed by atoms with E-state index in [4.69, 9.17) is 10.8 Å². The third kappa shape index (κ3) is 4.11. The number of aliphatic carboxylic acids is 1. The fourth-order valence-electron chi connectivity index (χ4n) is 2.32. The first kappa shape index (κ1) is 15.3. The first-order chi connectivity index (χ1) is 8.97. The molecule has 0 radical (unpaired) electrons.